The Balaban J connectivity index is 1.79. The summed E-state index contributed by atoms with van der Waals surface area (Å²) in [5.41, 5.74) is 8.13. The van der Waals surface area contributed by atoms with E-state index in [1.165, 1.54) is 11.5 Å². The average Bonchev–Trinajstić information content (AvgIpc) is 3.10. The van der Waals surface area contributed by atoms with Crippen molar-refractivity contribution in [1.29, 1.82) is 0 Å². The molecule has 5 nitrogen and oxygen atoms in total. The first-order valence-corrected chi connectivity index (χ1v) is 9.18. The predicted octanol–water partition coefficient (Wildman–Crippen LogP) is 3.93. The number of nitrogens with two attached hydrogens (primary N) is 1. The summed E-state index contributed by atoms with van der Waals surface area (Å²) in [5, 5.41) is 2.80. The molecule has 0 spiro atoms. The largest absolute Gasteiger partial charge is 0.422 e. The fourth-order valence-electron chi connectivity index (χ4n) is 3.25. The Hall–Kier alpha value is -3.51. The molecular weight excluding hydrogens is 358 g/mol. The molecule has 0 saturated carbocycles. The summed E-state index contributed by atoms with van der Waals surface area (Å²) < 4.78 is 7.47. The maximum atomic E-state index is 12.2. The summed E-state index contributed by atoms with van der Waals surface area (Å²) in [6.45, 7) is 0. The topological polar surface area (TPSA) is 73.0 Å². The van der Waals surface area contributed by atoms with Gasteiger partial charge in [-0.05, 0) is 41.4 Å². The molecule has 5 rings (SSSR count). The Kier molecular flexibility index (Phi) is 3.51. The van der Waals surface area contributed by atoms with Crippen molar-refractivity contribution in [1.82, 2.24) is 4.98 Å². The van der Waals surface area contributed by atoms with E-state index >= 15 is 0 Å². The van der Waals surface area contributed by atoms with E-state index in [0.29, 0.717) is 16.1 Å². The van der Waals surface area contributed by atoms with Crippen LogP contribution in [0.3, 0.4) is 0 Å². The molecule has 0 amide bonds. The second-order valence-electron chi connectivity index (χ2n) is 6.14. The lowest BCUT2D eigenvalue weighted by molar-refractivity contribution is -0.509. The van der Waals surface area contributed by atoms with E-state index < -0.39 is 0 Å². The van der Waals surface area contributed by atoms with E-state index in [-0.39, 0.29) is 5.63 Å². The molecule has 130 valence electrons. The normalized spacial score (nSPS) is 11.3. The Morgan fingerprint density at radius 1 is 0.889 bits per heavy atom. The van der Waals surface area contributed by atoms with E-state index in [9.17, 15) is 4.79 Å². The molecule has 0 aliphatic carbocycles. The van der Waals surface area contributed by atoms with E-state index in [4.69, 9.17) is 10.2 Å². The van der Waals surface area contributed by atoms with Gasteiger partial charge in [0.2, 0.25) is 0 Å². The molecule has 6 heteroatoms. The van der Waals surface area contributed by atoms with Crippen LogP contribution in [0, 0.1) is 0 Å². The van der Waals surface area contributed by atoms with Gasteiger partial charge in [-0.1, -0.05) is 36.4 Å². The molecule has 2 N–H and O–H groups in total. The Bertz CT molecular complexity index is 1360. The van der Waals surface area contributed by atoms with Crippen LogP contribution in [0.25, 0.3) is 38.8 Å². The van der Waals surface area contributed by atoms with Gasteiger partial charge in [0.25, 0.3) is 0 Å². The highest BCUT2D eigenvalue weighted by molar-refractivity contribution is 7.05. The number of nitrogen functional groups attached to an aromatic ring is 1. The maximum Gasteiger partial charge on any atom is 0.350 e. The molecule has 0 bridgehead atoms. The number of hydrogen-bond donors (Lipinski definition) is 1. The fourth-order valence-corrected chi connectivity index (χ4v) is 4.01. The molecule has 2 aromatic heterocycles. The van der Waals surface area contributed by atoms with Crippen LogP contribution in [0.4, 0.5) is 5.13 Å². The van der Waals surface area contributed by atoms with Crippen molar-refractivity contribution >= 4 is 38.4 Å². The zero-order chi connectivity index (χ0) is 18.4. The summed E-state index contributed by atoms with van der Waals surface area (Å²) >= 11 is 1.37. The first-order valence-electron chi connectivity index (χ1n) is 8.41. The Morgan fingerprint density at radius 2 is 1.63 bits per heavy atom. The van der Waals surface area contributed by atoms with Gasteiger partial charge in [-0.15, -0.1) is 3.96 Å². The van der Waals surface area contributed by atoms with Crippen molar-refractivity contribution in [2.45, 2.75) is 0 Å². The van der Waals surface area contributed by atoms with Crippen LogP contribution >= 0.6 is 11.5 Å². The molecule has 0 saturated heterocycles. The van der Waals surface area contributed by atoms with Crippen LogP contribution in [0.5, 0.6) is 0 Å². The zero-order valence-corrected chi connectivity index (χ0v) is 14.9. The zero-order valence-electron chi connectivity index (χ0n) is 14.1. The molecule has 5 aromatic rings. The van der Waals surface area contributed by atoms with Crippen LogP contribution < -0.4 is 15.3 Å². The van der Waals surface area contributed by atoms with Crippen LogP contribution in [0.15, 0.2) is 82.0 Å². The van der Waals surface area contributed by atoms with E-state index in [2.05, 4.69) is 4.98 Å². The number of anilines is 1. The molecule has 2 heterocycles. The lowest BCUT2D eigenvalue weighted by atomic mass is 10.1. The number of nitrogens with zero attached hydrogens (tertiary/aromatic N) is 2. The maximum absolute atomic E-state index is 12.2. The van der Waals surface area contributed by atoms with E-state index in [1.54, 1.807) is 6.07 Å². The van der Waals surface area contributed by atoms with E-state index in [1.807, 2.05) is 70.7 Å². The molecule has 0 aliphatic heterocycles. The van der Waals surface area contributed by atoms with Crippen LogP contribution in [0.2, 0.25) is 0 Å². The summed E-state index contributed by atoms with van der Waals surface area (Å²) in [6.07, 6.45) is 0. The predicted molar refractivity (Wildman–Crippen MR) is 107 cm³/mol. The second-order valence-corrected chi connectivity index (χ2v) is 7.11. The van der Waals surface area contributed by atoms with Crippen LogP contribution in [-0.4, -0.2) is 4.98 Å². The second kappa shape index (κ2) is 6.03. The standard InChI is InChI=1S/C21H13N3O2S/c22-21-23-19(13-6-2-1-3-7-13)24(27-21)14-10-11-18-17(12-14)15-8-4-5-9-16(15)20(25)26-18/h1-12,22H/p+1. The monoisotopic (exact) mass is 372 g/mol. The van der Waals surface area contributed by atoms with E-state index in [0.717, 1.165) is 27.8 Å². The van der Waals surface area contributed by atoms with Gasteiger partial charge in [-0.2, -0.15) is 0 Å². The quantitative estimate of drug-likeness (QED) is 0.289. The summed E-state index contributed by atoms with van der Waals surface area (Å²) in [5.74, 6) is 0.777. The minimum absolute atomic E-state index is 0.328. The molecular formula is C21H14N3O2S+. The number of fused-ring (bicyclic) bond motifs is 3. The number of hydrogen-bond acceptors (Lipinski definition) is 5. The summed E-state index contributed by atoms with van der Waals surface area (Å²) in [4.78, 5) is 16.7. The van der Waals surface area contributed by atoms with Gasteiger partial charge < -0.3 is 10.2 Å². The van der Waals surface area contributed by atoms with Crippen LogP contribution in [-0.2, 0) is 0 Å². The third-order valence-electron chi connectivity index (χ3n) is 4.46. The molecule has 0 atom stereocenters. The number of rotatable bonds is 2. The summed E-state index contributed by atoms with van der Waals surface area (Å²) in [6, 6.07) is 23.1. The molecule has 27 heavy (non-hydrogen) atoms. The van der Waals surface area contributed by atoms with Gasteiger partial charge in [0.1, 0.15) is 22.8 Å². The van der Waals surface area contributed by atoms with Gasteiger partial charge >= 0.3 is 16.6 Å². The van der Waals surface area contributed by atoms with Crippen molar-refractivity contribution in [2.75, 3.05) is 5.73 Å². The lowest BCUT2D eigenvalue weighted by Crippen LogP contribution is -2.28. The first-order chi connectivity index (χ1) is 13.2. The Labute approximate surface area is 158 Å². The Morgan fingerprint density at radius 3 is 2.44 bits per heavy atom. The highest BCUT2D eigenvalue weighted by Gasteiger charge is 2.23. The number of aromatic nitrogens is 2. The minimum atomic E-state index is -0.328. The van der Waals surface area contributed by atoms with Gasteiger partial charge in [0, 0.05) is 10.8 Å². The van der Waals surface area contributed by atoms with Crippen molar-refractivity contribution < 1.29 is 8.37 Å². The molecule has 0 radical (unpaired) electrons. The highest BCUT2D eigenvalue weighted by atomic mass is 32.1. The number of benzene rings is 3. The molecule has 0 aliphatic rings. The third kappa shape index (κ3) is 2.58. The fraction of sp³-hybridized carbons (Fsp3) is 0. The lowest BCUT2D eigenvalue weighted by Gasteiger charge is -2.04. The average molecular weight is 372 g/mol. The first kappa shape index (κ1) is 15.7. The van der Waals surface area contributed by atoms with Crippen LogP contribution in [0.1, 0.15) is 0 Å². The third-order valence-corrected chi connectivity index (χ3v) is 5.31. The molecule has 3 aromatic carbocycles. The summed E-state index contributed by atoms with van der Waals surface area (Å²) in [7, 11) is 0. The molecule has 0 unspecified atom stereocenters. The highest BCUT2D eigenvalue weighted by Crippen LogP contribution is 2.26. The SMILES string of the molecule is Nc1nc(-c2ccccc2)[n+](-c2ccc3oc(=O)c4ccccc4c3c2)s1. The van der Waals surface area contributed by atoms with Gasteiger partial charge in [-0.25, -0.2) is 4.79 Å². The van der Waals surface area contributed by atoms with Gasteiger partial charge in [-0.3, -0.25) is 0 Å². The van der Waals surface area contributed by atoms with Gasteiger partial charge in [0.05, 0.1) is 10.9 Å². The van der Waals surface area contributed by atoms with Crippen molar-refractivity contribution in [3.05, 3.63) is 83.2 Å². The van der Waals surface area contributed by atoms with Crippen molar-refractivity contribution in [2.24, 2.45) is 0 Å². The molecule has 0 fully saturated rings. The van der Waals surface area contributed by atoms with Crippen molar-refractivity contribution in [3.63, 3.8) is 0 Å². The minimum Gasteiger partial charge on any atom is -0.422 e. The van der Waals surface area contributed by atoms with Crippen molar-refractivity contribution in [3.8, 4) is 17.1 Å². The smallest absolute Gasteiger partial charge is 0.350 e. The van der Waals surface area contributed by atoms with Gasteiger partial charge in [0.15, 0.2) is 0 Å².